The van der Waals surface area contributed by atoms with Gasteiger partial charge in [-0.2, -0.15) is 17.0 Å². The summed E-state index contributed by atoms with van der Waals surface area (Å²) in [5, 5.41) is 0.183. The van der Waals surface area contributed by atoms with E-state index in [0.29, 0.717) is 18.7 Å². The summed E-state index contributed by atoms with van der Waals surface area (Å²) in [4.78, 5) is 13.7. The van der Waals surface area contributed by atoms with E-state index in [4.69, 9.17) is 11.6 Å². The monoisotopic (exact) mass is 377 g/mol. The van der Waals surface area contributed by atoms with Gasteiger partial charge in [-0.25, -0.2) is 4.39 Å². The van der Waals surface area contributed by atoms with Gasteiger partial charge in [0.25, 0.3) is 10.2 Å². The summed E-state index contributed by atoms with van der Waals surface area (Å²) in [6.07, 6.45) is 0. The predicted octanol–water partition coefficient (Wildman–Crippen LogP) is 1.71. The van der Waals surface area contributed by atoms with E-state index in [-0.39, 0.29) is 37.1 Å². The molecule has 0 atom stereocenters. The second-order valence-electron chi connectivity index (χ2n) is 5.48. The molecule has 0 spiro atoms. The Morgan fingerprint density at radius 1 is 1.25 bits per heavy atom. The van der Waals surface area contributed by atoms with Crippen molar-refractivity contribution in [2.75, 3.05) is 32.7 Å². The first-order valence-electron chi connectivity index (χ1n) is 7.76. The molecule has 1 aromatic carbocycles. The number of likely N-dealkylation sites (N-methyl/N-ethyl adjacent to an activating group) is 1. The first-order valence-corrected chi connectivity index (χ1v) is 9.54. The van der Waals surface area contributed by atoms with Crippen LogP contribution >= 0.6 is 11.6 Å². The van der Waals surface area contributed by atoms with Crippen molar-refractivity contribution in [1.82, 2.24) is 13.5 Å². The lowest BCUT2D eigenvalue weighted by Crippen LogP contribution is -2.42. The van der Waals surface area contributed by atoms with Crippen LogP contribution in [-0.4, -0.2) is 60.6 Å². The number of hydrogen-bond donors (Lipinski definition) is 0. The van der Waals surface area contributed by atoms with Crippen LogP contribution in [0.1, 0.15) is 19.4 Å². The molecule has 0 aromatic heterocycles. The predicted molar refractivity (Wildman–Crippen MR) is 90.2 cm³/mol. The molecule has 1 amide bonds. The topological polar surface area (TPSA) is 60.9 Å². The van der Waals surface area contributed by atoms with Gasteiger partial charge >= 0.3 is 0 Å². The van der Waals surface area contributed by atoms with Crippen LogP contribution in [0.5, 0.6) is 0 Å². The Hall–Kier alpha value is -1.22. The van der Waals surface area contributed by atoms with E-state index < -0.39 is 16.0 Å². The molecule has 2 rings (SSSR count). The molecule has 1 aliphatic rings. The van der Waals surface area contributed by atoms with Crippen molar-refractivity contribution < 1.29 is 17.6 Å². The van der Waals surface area contributed by atoms with Crippen molar-refractivity contribution >= 4 is 27.7 Å². The van der Waals surface area contributed by atoms with Gasteiger partial charge in [0.1, 0.15) is 5.82 Å². The Kier molecular flexibility index (Phi) is 6.19. The zero-order valence-electron chi connectivity index (χ0n) is 13.7. The molecule has 1 fully saturated rings. The maximum absolute atomic E-state index is 13.1. The van der Waals surface area contributed by atoms with Gasteiger partial charge in [-0.3, -0.25) is 4.79 Å². The fourth-order valence-electron chi connectivity index (χ4n) is 2.61. The summed E-state index contributed by atoms with van der Waals surface area (Å²) in [5.41, 5.74) is 0.526. The molecule has 6 nitrogen and oxygen atoms in total. The van der Waals surface area contributed by atoms with Gasteiger partial charge in [0, 0.05) is 37.7 Å². The van der Waals surface area contributed by atoms with E-state index in [1.165, 1.54) is 20.7 Å². The van der Waals surface area contributed by atoms with Crippen LogP contribution in [0.15, 0.2) is 18.2 Å². The van der Waals surface area contributed by atoms with Crippen LogP contribution in [0.4, 0.5) is 4.39 Å². The van der Waals surface area contributed by atoms with E-state index in [0.717, 1.165) is 6.07 Å². The molecule has 134 valence electrons. The summed E-state index contributed by atoms with van der Waals surface area (Å²) >= 11 is 5.97. The van der Waals surface area contributed by atoms with Gasteiger partial charge < -0.3 is 4.90 Å². The molecule has 1 aliphatic heterocycles. The van der Waals surface area contributed by atoms with E-state index in [2.05, 4.69) is 0 Å². The van der Waals surface area contributed by atoms with Crippen LogP contribution in [-0.2, 0) is 21.5 Å². The van der Waals surface area contributed by atoms with Crippen molar-refractivity contribution in [1.29, 1.82) is 0 Å². The second-order valence-corrected chi connectivity index (χ2v) is 7.81. The third kappa shape index (κ3) is 4.05. The Morgan fingerprint density at radius 2 is 1.88 bits per heavy atom. The quantitative estimate of drug-likeness (QED) is 0.758. The Balaban J connectivity index is 2.09. The summed E-state index contributed by atoms with van der Waals surface area (Å²) in [6, 6.07) is 3.86. The first kappa shape index (κ1) is 19.1. The fourth-order valence-corrected chi connectivity index (χ4v) is 4.36. The first-order chi connectivity index (χ1) is 11.3. The second kappa shape index (κ2) is 7.77. The van der Waals surface area contributed by atoms with Crippen molar-refractivity contribution in [3.05, 3.63) is 34.6 Å². The highest BCUT2D eigenvalue weighted by atomic mass is 35.5. The maximum Gasteiger partial charge on any atom is 0.282 e. The molecule has 0 aliphatic carbocycles. The van der Waals surface area contributed by atoms with E-state index in [1.807, 2.05) is 13.8 Å². The molecule has 1 aromatic rings. The number of amides is 1. The maximum atomic E-state index is 13.1. The normalized spacial score (nSPS) is 18.0. The molecule has 0 N–H and O–H groups in total. The molecule has 0 saturated carbocycles. The molecular formula is C15H21ClFN3O3S. The number of benzene rings is 1. The van der Waals surface area contributed by atoms with Crippen LogP contribution in [0, 0.1) is 5.82 Å². The van der Waals surface area contributed by atoms with Gasteiger partial charge in [-0.05, 0) is 31.5 Å². The molecule has 24 heavy (non-hydrogen) atoms. The van der Waals surface area contributed by atoms with E-state index in [1.54, 1.807) is 4.90 Å². The lowest BCUT2D eigenvalue weighted by Gasteiger charge is -2.23. The Labute approximate surface area is 147 Å². The van der Waals surface area contributed by atoms with Crippen molar-refractivity contribution in [3.63, 3.8) is 0 Å². The fraction of sp³-hybridized carbons (Fsp3) is 0.533. The Bertz CT molecular complexity index is 710. The molecule has 0 radical (unpaired) electrons. The molecule has 1 heterocycles. The largest absolute Gasteiger partial charge is 0.342 e. The minimum absolute atomic E-state index is 0.0530. The number of hydrogen-bond acceptors (Lipinski definition) is 3. The van der Waals surface area contributed by atoms with Crippen molar-refractivity contribution in [2.45, 2.75) is 20.4 Å². The third-order valence-corrected chi connectivity index (χ3v) is 6.32. The van der Waals surface area contributed by atoms with Crippen molar-refractivity contribution in [3.8, 4) is 0 Å². The van der Waals surface area contributed by atoms with Gasteiger partial charge in [0.2, 0.25) is 5.91 Å². The summed E-state index contributed by atoms with van der Waals surface area (Å²) in [7, 11) is -3.73. The standard InChI is InChI=1S/C15H21ClFN3O3S/c1-3-18(4-2)15(21)11-20-8-7-19(24(20,22)23)10-12-5-6-13(17)9-14(12)16/h5-6,9H,3-4,7-8,10-11H2,1-2H3. The molecule has 0 bridgehead atoms. The number of halogens is 2. The molecule has 0 unspecified atom stereocenters. The van der Waals surface area contributed by atoms with Gasteiger partial charge in [-0.15, -0.1) is 0 Å². The van der Waals surface area contributed by atoms with Crippen molar-refractivity contribution in [2.24, 2.45) is 0 Å². The highest BCUT2D eigenvalue weighted by Gasteiger charge is 2.38. The smallest absolute Gasteiger partial charge is 0.282 e. The summed E-state index contributed by atoms with van der Waals surface area (Å²) in [5.74, 6) is -0.690. The van der Waals surface area contributed by atoms with E-state index in [9.17, 15) is 17.6 Å². The lowest BCUT2D eigenvalue weighted by atomic mass is 10.2. The highest BCUT2D eigenvalue weighted by Crippen LogP contribution is 2.24. The van der Waals surface area contributed by atoms with Crippen LogP contribution in [0.2, 0.25) is 5.02 Å². The average molecular weight is 378 g/mol. The molecular weight excluding hydrogens is 357 g/mol. The van der Waals surface area contributed by atoms with Gasteiger partial charge in [0.15, 0.2) is 0 Å². The molecule has 1 saturated heterocycles. The molecule has 9 heteroatoms. The zero-order valence-corrected chi connectivity index (χ0v) is 15.3. The lowest BCUT2D eigenvalue weighted by molar-refractivity contribution is -0.130. The number of nitrogens with zero attached hydrogens (tertiary/aromatic N) is 3. The van der Waals surface area contributed by atoms with Gasteiger partial charge in [-0.1, -0.05) is 17.7 Å². The minimum Gasteiger partial charge on any atom is -0.342 e. The van der Waals surface area contributed by atoms with Crippen LogP contribution in [0.25, 0.3) is 0 Å². The summed E-state index contributed by atoms with van der Waals surface area (Å²) < 4.78 is 40.7. The van der Waals surface area contributed by atoms with Gasteiger partial charge in [0.05, 0.1) is 6.54 Å². The minimum atomic E-state index is -3.73. The van der Waals surface area contributed by atoms with E-state index >= 15 is 0 Å². The number of rotatable bonds is 6. The van der Waals surface area contributed by atoms with Crippen LogP contribution in [0.3, 0.4) is 0 Å². The zero-order chi connectivity index (χ0) is 17.9. The summed E-state index contributed by atoms with van der Waals surface area (Å²) in [6.45, 7) is 5.17. The number of carbonyl (C=O) groups is 1. The van der Waals surface area contributed by atoms with Crippen LogP contribution < -0.4 is 0 Å². The number of carbonyl (C=O) groups excluding carboxylic acids is 1. The average Bonchev–Trinajstić information content (AvgIpc) is 2.78. The SMILES string of the molecule is CCN(CC)C(=O)CN1CCN(Cc2ccc(F)cc2Cl)S1(=O)=O. The highest BCUT2D eigenvalue weighted by molar-refractivity contribution is 7.87. The Morgan fingerprint density at radius 3 is 2.46 bits per heavy atom. The third-order valence-electron chi connectivity index (χ3n) is 4.04.